The largest absolute Gasteiger partial charge is 0.463 e. The number of nitrogens with one attached hydrogen (secondary N) is 1. The molecule has 0 spiro atoms. The molecule has 0 radical (unpaired) electrons. The summed E-state index contributed by atoms with van der Waals surface area (Å²) in [4.78, 5) is 17.1. The van der Waals surface area contributed by atoms with E-state index in [1.54, 1.807) is 31.4 Å². The van der Waals surface area contributed by atoms with Crippen molar-refractivity contribution in [1.29, 1.82) is 0 Å². The number of aryl methyl sites for hydroxylation is 1. The first-order chi connectivity index (χ1) is 12.6. The molecule has 3 aromatic heterocycles. The zero-order chi connectivity index (χ0) is 18.5. The van der Waals surface area contributed by atoms with Gasteiger partial charge in [0.1, 0.15) is 5.69 Å². The first-order valence-corrected chi connectivity index (χ1v) is 8.73. The molecular weight excluding hydrogens is 334 g/mol. The fraction of sp³-hybridized carbons (Fsp3) is 0.421. The van der Waals surface area contributed by atoms with Crippen LogP contribution in [0.5, 0.6) is 0 Å². The highest BCUT2D eigenvalue weighted by Gasteiger charge is 2.19. The first kappa shape index (κ1) is 18.1. The molecule has 7 heteroatoms. The monoisotopic (exact) mass is 357 g/mol. The number of nitrogens with zero attached hydrogens (tertiary/aromatic N) is 2. The number of rotatable bonds is 8. The van der Waals surface area contributed by atoms with Crippen molar-refractivity contribution in [1.82, 2.24) is 15.5 Å². The van der Waals surface area contributed by atoms with Gasteiger partial charge in [-0.2, -0.15) is 0 Å². The Hall–Kier alpha value is -2.67. The number of aromatic nitrogens is 2. The summed E-state index contributed by atoms with van der Waals surface area (Å²) < 4.78 is 16.2. The summed E-state index contributed by atoms with van der Waals surface area (Å²) in [5.74, 6) is 0.878. The van der Waals surface area contributed by atoms with Crippen LogP contribution < -0.4 is 5.32 Å². The van der Waals surface area contributed by atoms with Gasteiger partial charge in [0.15, 0.2) is 5.76 Å². The zero-order valence-corrected chi connectivity index (χ0v) is 15.2. The quantitative estimate of drug-likeness (QED) is 0.620. The average molecular weight is 357 g/mol. The molecule has 0 aliphatic rings. The Bertz CT molecular complexity index is 868. The molecule has 1 amide bonds. The van der Waals surface area contributed by atoms with Crippen LogP contribution in [0.25, 0.3) is 22.6 Å². The van der Waals surface area contributed by atoms with E-state index in [0.717, 1.165) is 13.0 Å². The van der Waals surface area contributed by atoms with Crippen LogP contribution in [0.4, 0.5) is 0 Å². The van der Waals surface area contributed by atoms with Crippen LogP contribution in [0.15, 0.2) is 33.4 Å². The minimum absolute atomic E-state index is 0.194. The summed E-state index contributed by atoms with van der Waals surface area (Å²) in [5.41, 5.74) is 1.96. The third kappa shape index (κ3) is 4.11. The number of hydrogen-bond donors (Lipinski definition) is 1. The van der Waals surface area contributed by atoms with Crippen molar-refractivity contribution < 1.29 is 18.5 Å². The lowest BCUT2D eigenvalue weighted by Gasteiger charge is -2.09. The standard InChI is InChI=1S/C19H23N3O4/c1-12(2)11-24-8-5-7-20-18(23)14-10-15(16-6-4-9-25-16)21-19-17(14)13(3)22-26-19/h4,6,9-10,12H,5,7-8,11H2,1-3H3,(H,20,23). The molecule has 3 heterocycles. The molecule has 0 saturated heterocycles. The number of carbonyl (C=O) groups is 1. The summed E-state index contributed by atoms with van der Waals surface area (Å²) in [6.07, 6.45) is 2.31. The maximum Gasteiger partial charge on any atom is 0.259 e. The summed E-state index contributed by atoms with van der Waals surface area (Å²) in [7, 11) is 0. The Morgan fingerprint density at radius 2 is 2.23 bits per heavy atom. The van der Waals surface area contributed by atoms with Gasteiger partial charge in [-0.15, -0.1) is 0 Å². The lowest BCUT2D eigenvalue weighted by Crippen LogP contribution is -2.25. The second-order valence-electron chi connectivity index (χ2n) is 6.56. The molecule has 0 aliphatic carbocycles. The minimum atomic E-state index is -0.194. The number of ether oxygens (including phenoxy) is 1. The number of hydrogen-bond acceptors (Lipinski definition) is 6. The van der Waals surface area contributed by atoms with Gasteiger partial charge < -0.3 is 19.0 Å². The molecule has 1 N–H and O–H groups in total. The lowest BCUT2D eigenvalue weighted by atomic mass is 10.1. The average Bonchev–Trinajstić information content (AvgIpc) is 3.27. The van der Waals surface area contributed by atoms with E-state index < -0.39 is 0 Å². The predicted molar refractivity (Wildman–Crippen MR) is 96.9 cm³/mol. The van der Waals surface area contributed by atoms with Gasteiger partial charge in [0.05, 0.1) is 22.9 Å². The molecule has 138 valence electrons. The molecule has 0 saturated carbocycles. The second-order valence-corrected chi connectivity index (χ2v) is 6.56. The van der Waals surface area contributed by atoms with E-state index >= 15 is 0 Å². The number of amides is 1. The maximum atomic E-state index is 12.7. The fourth-order valence-electron chi connectivity index (χ4n) is 2.61. The van der Waals surface area contributed by atoms with E-state index in [0.29, 0.717) is 52.9 Å². The van der Waals surface area contributed by atoms with Gasteiger partial charge >= 0.3 is 0 Å². The van der Waals surface area contributed by atoms with Crippen molar-refractivity contribution in [3.8, 4) is 11.5 Å². The SMILES string of the molecule is Cc1noc2nc(-c3ccco3)cc(C(=O)NCCCOCC(C)C)c12. The highest BCUT2D eigenvalue weighted by molar-refractivity contribution is 6.06. The van der Waals surface area contributed by atoms with Crippen molar-refractivity contribution >= 4 is 17.0 Å². The summed E-state index contributed by atoms with van der Waals surface area (Å²) >= 11 is 0. The Balaban J connectivity index is 1.73. The molecule has 3 rings (SSSR count). The van der Waals surface area contributed by atoms with Crippen LogP contribution in [-0.4, -0.2) is 35.8 Å². The minimum Gasteiger partial charge on any atom is -0.463 e. The van der Waals surface area contributed by atoms with Crippen molar-refractivity contribution in [3.63, 3.8) is 0 Å². The van der Waals surface area contributed by atoms with Gasteiger partial charge in [0.25, 0.3) is 11.6 Å². The van der Waals surface area contributed by atoms with Gasteiger partial charge in [0, 0.05) is 19.8 Å². The topological polar surface area (TPSA) is 90.4 Å². The molecule has 3 aromatic rings. The van der Waals surface area contributed by atoms with Crippen LogP contribution >= 0.6 is 0 Å². The summed E-state index contributed by atoms with van der Waals surface area (Å²) in [6, 6.07) is 5.25. The third-order valence-corrected chi connectivity index (χ3v) is 3.84. The van der Waals surface area contributed by atoms with Gasteiger partial charge in [-0.05, 0) is 37.5 Å². The Labute approximate surface area is 151 Å². The van der Waals surface area contributed by atoms with E-state index in [1.165, 1.54) is 0 Å². The third-order valence-electron chi connectivity index (χ3n) is 3.84. The normalized spacial score (nSPS) is 11.4. The second kappa shape index (κ2) is 8.14. The lowest BCUT2D eigenvalue weighted by molar-refractivity contribution is 0.0926. The maximum absolute atomic E-state index is 12.7. The zero-order valence-electron chi connectivity index (χ0n) is 15.2. The molecule has 26 heavy (non-hydrogen) atoms. The van der Waals surface area contributed by atoms with Crippen LogP contribution in [0, 0.1) is 12.8 Å². The van der Waals surface area contributed by atoms with Crippen molar-refractivity contribution in [2.75, 3.05) is 19.8 Å². The molecule has 7 nitrogen and oxygen atoms in total. The van der Waals surface area contributed by atoms with Crippen LogP contribution in [-0.2, 0) is 4.74 Å². The van der Waals surface area contributed by atoms with Gasteiger partial charge in [-0.1, -0.05) is 19.0 Å². The number of furan rings is 1. The van der Waals surface area contributed by atoms with E-state index in [-0.39, 0.29) is 5.91 Å². The van der Waals surface area contributed by atoms with E-state index in [1.807, 2.05) is 0 Å². The van der Waals surface area contributed by atoms with E-state index in [4.69, 9.17) is 13.7 Å². The number of fused-ring (bicyclic) bond motifs is 1. The Kier molecular flexibility index (Phi) is 5.68. The summed E-state index contributed by atoms with van der Waals surface area (Å²) in [5, 5.41) is 7.47. The van der Waals surface area contributed by atoms with Crippen LogP contribution in [0.1, 0.15) is 36.3 Å². The van der Waals surface area contributed by atoms with E-state index in [9.17, 15) is 4.79 Å². The number of carbonyl (C=O) groups excluding carboxylic acids is 1. The molecule has 0 atom stereocenters. The molecule has 0 bridgehead atoms. The molecule has 0 aromatic carbocycles. The van der Waals surface area contributed by atoms with Crippen molar-refractivity contribution in [2.45, 2.75) is 27.2 Å². The molecule has 0 fully saturated rings. The Morgan fingerprint density at radius 1 is 1.38 bits per heavy atom. The smallest absolute Gasteiger partial charge is 0.259 e. The van der Waals surface area contributed by atoms with Gasteiger partial charge in [-0.3, -0.25) is 4.79 Å². The number of pyridine rings is 1. The van der Waals surface area contributed by atoms with Gasteiger partial charge in [0.2, 0.25) is 0 Å². The van der Waals surface area contributed by atoms with Crippen molar-refractivity contribution in [2.24, 2.45) is 5.92 Å². The van der Waals surface area contributed by atoms with Crippen molar-refractivity contribution in [3.05, 3.63) is 35.7 Å². The fourth-order valence-corrected chi connectivity index (χ4v) is 2.61. The summed E-state index contributed by atoms with van der Waals surface area (Å²) in [6.45, 7) is 7.87. The molecule has 0 unspecified atom stereocenters. The highest BCUT2D eigenvalue weighted by atomic mass is 16.5. The molecular formula is C19H23N3O4. The van der Waals surface area contributed by atoms with Gasteiger partial charge in [-0.25, -0.2) is 4.98 Å². The molecule has 0 aliphatic heterocycles. The Morgan fingerprint density at radius 3 is 2.96 bits per heavy atom. The van der Waals surface area contributed by atoms with Crippen LogP contribution in [0.3, 0.4) is 0 Å². The predicted octanol–water partition coefficient (Wildman–Crippen LogP) is 3.58. The first-order valence-electron chi connectivity index (χ1n) is 8.73. The van der Waals surface area contributed by atoms with Crippen LogP contribution in [0.2, 0.25) is 0 Å². The highest BCUT2D eigenvalue weighted by Crippen LogP contribution is 2.27. The van der Waals surface area contributed by atoms with E-state index in [2.05, 4.69) is 29.3 Å².